The van der Waals surface area contributed by atoms with Crippen molar-refractivity contribution in [3.05, 3.63) is 71.7 Å². The highest BCUT2D eigenvalue weighted by Gasteiger charge is 2.32. The number of aromatic hydroxyl groups is 1. The first kappa shape index (κ1) is 19.8. The molecule has 1 amide bonds. The van der Waals surface area contributed by atoms with Crippen LogP contribution in [0.1, 0.15) is 18.9 Å². The van der Waals surface area contributed by atoms with Crippen LogP contribution in [0.2, 0.25) is 0 Å². The van der Waals surface area contributed by atoms with Gasteiger partial charge in [-0.25, -0.2) is 4.99 Å². The zero-order valence-corrected chi connectivity index (χ0v) is 16.5. The molecule has 2 aromatic rings. The molecule has 144 valence electrons. The largest absolute Gasteiger partial charge is 0.508 e. The highest BCUT2D eigenvalue weighted by Crippen LogP contribution is 2.34. The Morgan fingerprint density at radius 2 is 2.04 bits per heavy atom. The number of rotatable bonds is 7. The smallest absolute Gasteiger partial charge is 0.267 e. The predicted octanol–water partition coefficient (Wildman–Crippen LogP) is 4.97. The topological polar surface area (TPSA) is 62.1 Å². The number of phenolic OH excluding ortho intramolecular Hbond substituents is 1. The molecule has 0 saturated carbocycles. The molecule has 0 radical (unpaired) electrons. The minimum absolute atomic E-state index is 0.116. The van der Waals surface area contributed by atoms with Crippen molar-refractivity contribution in [2.24, 2.45) is 4.99 Å². The lowest BCUT2D eigenvalue weighted by Crippen LogP contribution is -2.29. The molecule has 0 spiro atoms. The number of carbonyl (C=O) groups excluding carboxylic acids is 1. The fourth-order valence-electron chi connectivity index (χ4n) is 2.59. The maximum absolute atomic E-state index is 12.8. The van der Waals surface area contributed by atoms with Crippen LogP contribution in [-0.2, 0) is 4.79 Å². The average molecular weight is 394 g/mol. The molecule has 1 fully saturated rings. The zero-order chi connectivity index (χ0) is 19.9. The Labute approximate surface area is 169 Å². The van der Waals surface area contributed by atoms with Gasteiger partial charge in [0.05, 0.1) is 17.2 Å². The predicted molar refractivity (Wildman–Crippen MR) is 115 cm³/mol. The van der Waals surface area contributed by atoms with E-state index in [1.165, 1.54) is 11.8 Å². The number of hydrogen-bond acceptors (Lipinski definition) is 5. The number of ether oxygens (including phenoxy) is 1. The minimum atomic E-state index is -0.116. The first-order valence-electron chi connectivity index (χ1n) is 9.03. The number of phenols is 1. The lowest BCUT2D eigenvalue weighted by molar-refractivity contribution is -0.121. The molecule has 28 heavy (non-hydrogen) atoms. The van der Waals surface area contributed by atoms with Gasteiger partial charge < -0.3 is 9.84 Å². The molecular formula is C22H22N2O3S. The molecule has 0 bridgehead atoms. The van der Waals surface area contributed by atoms with Crippen LogP contribution in [0, 0.1) is 0 Å². The summed E-state index contributed by atoms with van der Waals surface area (Å²) in [5.74, 6) is 0.830. The molecule has 1 N–H and O–H groups in total. The van der Waals surface area contributed by atoms with E-state index < -0.39 is 0 Å². The van der Waals surface area contributed by atoms with Crippen molar-refractivity contribution in [1.82, 2.24) is 4.90 Å². The first-order valence-corrected chi connectivity index (χ1v) is 9.85. The number of aliphatic imine (C=N–C) groups is 1. The summed E-state index contributed by atoms with van der Waals surface area (Å²) in [4.78, 5) is 19.5. The van der Waals surface area contributed by atoms with E-state index in [0.717, 1.165) is 17.7 Å². The third kappa shape index (κ3) is 4.84. The second-order valence-electron chi connectivity index (χ2n) is 6.15. The number of amidine groups is 1. The van der Waals surface area contributed by atoms with Gasteiger partial charge in [0, 0.05) is 12.6 Å². The summed E-state index contributed by atoms with van der Waals surface area (Å²) < 4.78 is 5.59. The van der Waals surface area contributed by atoms with Gasteiger partial charge in [0.25, 0.3) is 5.91 Å². The van der Waals surface area contributed by atoms with Gasteiger partial charge in [-0.05, 0) is 54.1 Å². The molecule has 0 aromatic heterocycles. The fraction of sp³-hybridized carbons (Fsp3) is 0.182. The molecule has 2 aromatic carbocycles. The zero-order valence-electron chi connectivity index (χ0n) is 15.7. The van der Waals surface area contributed by atoms with E-state index in [1.807, 2.05) is 30.3 Å². The van der Waals surface area contributed by atoms with Crippen LogP contribution in [0.3, 0.4) is 0 Å². The van der Waals surface area contributed by atoms with Gasteiger partial charge in [0.2, 0.25) is 0 Å². The van der Waals surface area contributed by atoms with Crippen molar-refractivity contribution in [3.8, 4) is 11.5 Å². The molecule has 1 heterocycles. The van der Waals surface area contributed by atoms with Gasteiger partial charge in [0.15, 0.2) is 5.17 Å². The SMILES string of the molecule is C=CCN1C(=O)/C(=C/c2ccc(OCCC)cc2)SC1=Nc1cccc(O)c1. The van der Waals surface area contributed by atoms with Crippen molar-refractivity contribution >= 4 is 34.6 Å². The number of nitrogens with zero attached hydrogens (tertiary/aromatic N) is 2. The van der Waals surface area contributed by atoms with Crippen molar-refractivity contribution in [1.29, 1.82) is 0 Å². The highest BCUT2D eigenvalue weighted by molar-refractivity contribution is 8.18. The van der Waals surface area contributed by atoms with Gasteiger partial charge >= 0.3 is 0 Å². The van der Waals surface area contributed by atoms with Crippen LogP contribution >= 0.6 is 11.8 Å². The molecular weight excluding hydrogens is 372 g/mol. The summed E-state index contributed by atoms with van der Waals surface area (Å²) >= 11 is 1.31. The van der Waals surface area contributed by atoms with Crippen molar-refractivity contribution < 1.29 is 14.6 Å². The summed E-state index contributed by atoms with van der Waals surface area (Å²) in [6, 6.07) is 14.3. The van der Waals surface area contributed by atoms with E-state index >= 15 is 0 Å². The van der Waals surface area contributed by atoms with Crippen LogP contribution in [-0.4, -0.2) is 34.2 Å². The number of carbonyl (C=O) groups is 1. The van der Waals surface area contributed by atoms with Crippen LogP contribution < -0.4 is 4.74 Å². The van der Waals surface area contributed by atoms with Crippen LogP contribution in [0.4, 0.5) is 5.69 Å². The normalized spacial score (nSPS) is 16.8. The van der Waals surface area contributed by atoms with E-state index in [4.69, 9.17) is 4.74 Å². The molecule has 0 unspecified atom stereocenters. The fourth-order valence-corrected chi connectivity index (χ4v) is 3.59. The Morgan fingerprint density at radius 3 is 2.71 bits per heavy atom. The van der Waals surface area contributed by atoms with E-state index in [0.29, 0.717) is 28.9 Å². The van der Waals surface area contributed by atoms with Crippen LogP contribution in [0.25, 0.3) is 6.08 Å². The first-order chi connectivity index (χ1) is 13.6. The van der Waals surface area contributed by atoms with Crippen LogP contribution in [0.15, 0.2) is 71.1 Å². The van der Waals surface area contributed by atoms with Gasteiger partial charge in [0.1, 0.15) is 11.5 Å². The Morgan fingerprint density at radius 1 is 1.25 bits per heavy atom. The molecule has 3 rings (SSSR count). The maximum atomic E-state index is 12.8. The second-order valence-corrected chi connectivity index (χ2v) is 7.16. The lowest BCUT2D eigenvalue weighted by atomic mass is 10.2. The van der Waals surface area contributed by atoms with E-state index in [2.05, 4.69) is 18.5 Å². The summed E-state index contributed by atoms with van der Waals surface area (Å²) in [6.07, 6.45) is 4.47. The number of thioether (sulfide) groups is 1. The molecule has 1 aliphatic heterocycles. The van der Waals surface area contributed by atoms with Gasteiger partial charge in [-0.1, -0.05) is 31.2 Å². The Hall–Kier alpha value is -2.99. The molecule has 0 aliphatic carbocycles. The number of hydrogen-bond donors (Lipinski definition) is 1. The summed E-state index contributed by atoms with van der Waals surface area (Å²) in [6.45, 7) is 6.83. The number of amides is 1. The Bertz CT molecular complexity index is 920. The van der Waals surface area contributed by atoms with Crippen molar-refractivity contribution in [3.63, 3.8) is 0 Å². The standard InChI is InChI=1S/C22H22N2O3S/c1-3-12-24-21(26)20(14-16-8-10-19(11-9-16)27-13-4-2)28-22(24)23-17-6-5-7-18(25)15-17/h3,5-11,14-15,25H,1,4,12-13H2,2H3/b20-14-,23-22?. The van der Waals surface area contributed by atoms with Gasteiger partial charge in [-0.15, -0.1) is 6.58 Å². The quantitative estimate of drug-likeness (QED) is 0.532. The molecule has 6 heteroatoms. The Kier molecular flexibility index (Phi) is 6.55. The summed E-state index contributed by atoms with van der Waals surface area (Å²) in [5, 5.41) is 10.2. The molecule has 1 saturated heterocycles. The second kappa shape index (κ2) is 9.28. The number of benzene rings is 2. The maximum Gasteiger partial charge on any atom is 0.267 e. The van der Waals surface area contributed by atoms with Gasteiger partial charge in [-0.3, -0.25) is 9.69 Å². The Balaban J connectivity index is 1.85. The van der Waals surface area contributed by atoms with Crippen molar-refractivity contribution in [2.45, 2.75) is 13.3 Å². The molecule has 0 atom stereocenters. The third-order valence-electron chi connectivity index (χ3n) is 3.90. The van der Waals surface area contributed by atoms with Crippen LogP contribution in [0.5, 0.6) is 11.5 Å². The van der Waals surface area contributed by atoms with E-state index in [-0.39, 0.29) is 11.7 Å². The average Bonchev–Trinajstić information content (AvgIpc) is 2.97. The monoisotopic (exact) mass is 394 g/mol. The highest BCUT2D eigenvalue weighted by atomic mass is 32.2. The molecule has 5 nitrogen and oxygen atoms in total. The van der Waals surface area contributed by atoms with Crippen molar-refractivity contribution in [2.75, 3.05) is 13.2 Å². The van der Waals surface area contributed by atoms with E-state index in [9.17, 15) is 9.90 Å². The summed E-state index contributed by atoms with van der Waals surface area (Å²) in [5.41, 5.74) is 1.50. The lowest BCUT2D eigenvalue weighted by Gasteiger charge is -2.12. The third-order valence-corrected chi connectivity index (χ3v) is 4.91. The minimum Gasteiger partial charge on any atom is -0.508 e. The summed E-state index contributed by atoms with van der Waals surface area (Å²) in [7, 11) is 0. The van der Waals surface area contributed by atoms with Gasteiger partial charge in [-0.2, -0.15) is 0 Å². The molecule has 1 aliphatic rings. The van der Waals surface area contributed by atoms with E-state index in [1.54, 1.807) is 35.2 Å².